The minimum Gasteiger partial charge on any atom is -0.370 e. The van der Waals surface area contributed by atoms with Crippen LogP contribution in [0.1, 0.15) is 17.6 Å². The first-order valence-electron chi connectivity index (χ1n) is 3.65. The molecule has 0 bridgehead atoms. The number of fused-ring (bicyclic) bond motifs is 1. The Morgan fingerprint density at radius 2 is 2.42 bits per heavy atom. The smallest absolute Gasteiger partial charge is 0.196 e. The minimum absolute atomic E-state index is 0.244. The van der Waals surface area contributed by atoms with Crippen molar-refractivity contribution in [1.82, 2.24) is 10.3 Å². The summed E-state index contributed by atoms with van der Waals surface area (Å²) >= 11 is 0. The largest absolute Gasteiger partial charge is 0.370 e. The summed E-state index contributed by atoms with van der Waals surface area (Å²) in [4.78, 5) is 7.00. The maximum Gasteiger partial charge on any atom is 0.196 e. The number of aliphatic hydroxyl groups excluding tert-OH is 1. The third-order valence-electron chi connectivity index (χ3n) is 1.76. The summed E-state index contributed by atoms with van der Waals surface area (Å²) in [6.07, 6.45) is -0.772. The van der Waals surface area contributed by atoms with Gasteiger partial charge in [-0.15, -0.1) is 0 Å². The molecule has 5 nitrogen and oxygen atoms in total. The Morgan fingerprint density at radius 3 is 3.17 bits per heavy atom. The van der Waals surface area contributed by atoms with Crippen LogP contribution < -0.4 is 11.1 Å². The molecule has 2 heterocycles. The average molecular weight is 166 g/mol. The summed E-state index contributed by atoms with van der Waals surface area (Å²) in [6.45, 7) is 1.90. The Labute approximate surface area is 69.3 Å². The lowest BCUT2D eigenvalue weighted by Crippen LogP contribution is -2.37. The van der Waals surface area contributed by atoms with Crippen molar-refractivity contribution >= 4 is 11.6 Å². The molecule has 0 saturated carbocycles. The van der Waals surface area contributed by atoms with Crippen LogP contribution in [0.15, 0.2) is 11.1 Å². The fraction of sp³-hybridized carbons (Fsp3) is 0.286. The summed E-state index contributed by atoms with van der Waals surface area (Å²) in [5.41, 5.74) is 7.75. The van der Waals surface area contributed by atoms with Crippen molar-refractivity contribution in [1.29, 1.82) is 0 Å². The molecule has 5 N–H and O–H groups in total. The molecule has 1 atom stereocenters. The van der Waals surface area contributed by atoms with Gasteiger partial charge < -0.3 is 21.1 Å². The lowest BCUT2D eigenvalue weighted by atomic mass is 10.3. The quantitative estimate of drug-likeness (QED) is 0.433. The number of aliphatic imine (C=N–C) groups is 1. The van der Waals surface area contributed by atoms with Gasteiger partial charge in [0.25, 0.3) is 0 Å². The first-order valence-corrected chi connectivity index (χ1v) is 3.65. The minimum atomic E-state index is -0.772. The van der Waals surface area contributed by atoms with Crippen LogP contribution in [0, 0.1) is 6.92 Å². The summed E-state index contributed by atoms with van der Waals surface area (Å²) in [5.74, 6) is 0.244. The van der Waals surface area contributed by atoms with Gasteiger partial charge in [-0.25, -0.2) is 4.99 Å². The number of nitrogens with two attached hydrogens (primary N) is 1. The molecule has 5 heteroatoms. The molecular formula is C7H10N4O. The van der Waals surface area contributed by atoms with E-state index in [9.17, 15) is 5.11 Å². The summed E-state index contributed by atoms with van der Waals surface area (Å²) in [6, 6.07) is 1.84. The third kappa shape index (κ3) is 0.947. The van der Waals surface area contributed by atoms with E-state index < -0.39 is 6.23 Å². The molecule has 1 aromatic heterocycles. The second kappa shape index (κ2) is 2.25. The van der Waals surface area contributed by atoms with E-state index in [1.807, 2.05) is 13.0 Å². The standard InChI is InChI=1S/C7H10N4O/c1-3-2-4-5(9-3)6(12)11-7(8)10-4/h2,6,9,12H,1H3,(H3,8,10,11). The Bertz CT molecular complexity index is 341. The maximum atomic E-state index is 9.44. The Kier molecular flexibility index (Phi) is 1.34. The van der Waals surface area contributed by atoms with E-state index in [-0.39, 0.29) is 5.96 Å². The van der Waals surface area contributed by atoms with Crippen molar-refractivity contribution in [2.75, 3.05) is 0 Å². The fourth-order valence-corrected chi connectivity index (χ4v) is 1.27. The Balaban J connectivity index is 2.53. The van der Waals surface area contributed by atoms with Gasteiger partial charge >= 0.3 is 0 Å². The highest BCUT2D eigenvalue weighted by molar-refractivity contribution is 5.83. The third-order valence-corrected chi connectivity index (χ3v) is 1.76. The van der Waals surface area contributed by atoms with Crippen LogP contribution in [-0.4, -0.2) is 16.1 Å². The van der Waals surface area contributed by atoms with Crippen molar-refractivity contribution in [3.63, 3.8) is 0 Å². The van der Waals surface area contributed by atoms with E-state index in [0.29, 0.717) is 11.4 Å². The molecule has 0 aromatic carbocycles. The van der Waals surface area contributed by atoms with Gasteiger partial charge in [-0.1, -0.05) is 0 Å². The number of hydrogen-bond acceptors (Lipinski definition) is 4. The van der Waals surface area contributed by atoms with Gasteiger partial charge in [0.05, 0.1) is 11.4 Å². The van der Waals surface area contributed by atoms with Crippen LogP contribution in [0.2, 0.25) is 0 Å². The topological polar surface area (TPSA) is 86.4 Å². The number of aromatic amines is 1. The highest BCUT2D eigenvalue weighted by atomic mass is 16.3. The van der Waals surface area contributed by atoms with Gasteiger partial charge in [0.2, 0.25) is 0 Å². The van der Waals surface area contributed by atoms with E-state index in [1.54, 1.807) is 0 Å². The molecule has 1 aliphatic rings. The summed E-state index contributed by atoms with van der Waals surface area (Å²) < 4.78 is 0. The molecule has 0 spiro atoms. The predicted octanol–water partition coefficient (Wildman–Crippen LogP) is -0.137. The highest BCUT2D eigenvalue weighted by Crippen LogP contribution is 2.27. The van der Waals surface area contributed by atoms with E-state index in [4.69, 9.17) is 5.73 Å². The molecule has 0 saturated heterocycles. The van der Waals surface area contributed by atoms with Crippen LogP contribution in [0.25, 0.3) is 0 Å². The normalized spacial score (nSPS) is 21.2. The molecule has 1 unspecified atom stereocenters. The van der Waals surface area contributed by atoms with E-state index >= 15 is 0 Å². The van der Waals surface area contributed by atoms with E-state index in [0.717, 1.165) is 5.69 Å². The Hall–Kier alpha value is -1.49. The number of aromatic nitrogens is 1. The van der Waals surface area contributed by atoms with Crippen LogP contribution in [-0.2, 0) is 0 Å². The van der Waals surface area contributed by atoms with Crippen molar-refractivity contribution in [2.24, 2.45) is 10.7 Å². The summed E-state index contributed by atoms with van der Waals surface area (Å²) in [5, 5.41) is 12.0. The predicted molar refractivity (Wildman–Crippen MR) is 44.9 cm³/mol. The van der Waals surface area contributed by atoms with Crippen LogP contribution in [0.4, 0.5) is 5.69 Å². The van der Waals surface area contributed by atoms with Gasteiger partial charge in [0.15, 0.2) is 12.2 Å². The zero-order valence-electron chi connectivity index (χ0n) is 6.63. The first-order chi connectivity index (χ1) is 5.66. The van der Waals surface area contributed by atoms with Crippen LogP contribution in [0.5, 0.6) is 0 Å². The molecule has 0 fully saturated rings. The van der Waals surface area contributed by atoms with Crippen molar-refractivity contribution in [3.05, 3.63) is 17.5 Å². The van der Waals surface area contributed by atoms with Gasteiger partial charge in [-0.05, 0) is 13.0 Å². The average Bonchev–Trinajstić information content (AvgIpc) is 2.29. The lowest BCUT2D eigenvalue weighted by Gasteiger charge is -2.17. The molecule has 0 amide bonds. The number of H-pyrrole nitrogens is 1. The van der Waals surface area contributed by atoms with Crippen LogP contribution >= 0.6 is 0 Å². The molecule has 12 heavy (non-hydrogen) atoms. The molecule has 0 radical (unpaired) electrons. The van der Waals surface area contributed by atoms with Gasteiger partial charge in [-0.2, -0.15) is 0 Å². The zero-order valence-corrected chi connectivity index (χ0v) is 6.63. The van der Waals surface area contributed by atoms with Crippen molar-refractivity contribution < 1.29 is 5.11 Å². The van der Waals surface area contributed by atoms with E-state index in [2.05, 4.69) is 15.3 Å². The first kappa shape index (κ1) is 7.17. The van der Waals surface area contributed by atoms with Crippen LogP contribution in [0.3, 0.4) is 0 Å². The second-order valence-electron chi connectivity index (χ2n) is 2.80. The number of aliphatic hydroxyl groups is 1. The molecule has 1 aromatic rings. The SMILES string of the molecule is Cc1cc2c([nH]1)C(O)NC(N)=N2. The monoisotopic (exact) mass is 166 g/mol. The summed E-state index contributed by atoms with van der Waals surface area (Å²) in [7, 11) is 0. The van der Waals surface area contributed by atoms with E-state index in [1.165, 1.54) is 0 Å². The molecular weight excluding hydrogens is 156 g/mol. The van der Waals surface area contributed by atoms with Crippen molar-refractivity contribution in [3.8, 4) is 0 Å². The zero-order chi connectivity index (χ0) is 8.72. The molecule has 64 valence electrons. The second-order valence-corrected chi connectivity index (χ2v) is 2.80. The number of nitrogens with zero attached hydrogens (tertiary/aromatic N) is 1. The van der Waals surface area contributed by atoms with Crippen molar-refractivity contribution in [2.45, 2.75) is 13.2 Å². The molecule has 2 rings (SSSR count). The molecule has 0 aliphatic carbocycles. The fourth-order valence-electron chi connectivity index (χ4n) is 1.27. The maximum absolute atomic E-state index is 9.44. The van der Waals surface area contributed by atoms with Gasteiger partial charge in [0.1, 0.15) is 0 Å². The van der Waals surface area contributed by atoms with Gasteiger partial charge in [-0.3, -0.25) is 0 Å². The molecule has 1 aliphatic heterocycles. The number of hydrogen-bond donors (Lipinski definition) is 4. The van der Waals surface area contributed by atoms with Gasteiger partial charge in [0, 0.05) is 5.69 Å². The Morgan fingerprint density at radius 1 is 1.67 bits per heavy atom. The highest BCUT2D eigenvalue weighted by Gasteiger charge is 2.19. The number of guanidine groups is 1. The lowest BCUT2D eigenvalue weighted by molar-refractivity contribution is 0.157. The number of rotatable bonds is 0. The number of nitrogens with one attached hydrogen (secondary N) is 2. The number of aryl methyl sites for hydroxylation is 1.